The van der Waals surface area contributed by atoms with Crippen molar-refractivity contribution >= 4 is 0 Å². The molecule has 0 atom stereocenters. The summed E-state index contributed by atoms with van der Waals surface area (Å²) in [5, 5.41) is 9.30. The number of phenols is 1. The van der Waals surface area contributed by atoms with E-state index >= 15 is 0 Å². The molecule has 1 rings (SSSR count). The Hall–Kier alpha value is -1.06. The van der Waals surface area contributed by atoms with Crippen LogP contribution in [-0.4, -0.2) is 37.3 Å². The molecule has 84 valence electrons. The Bertz CT molecular complexity index is 289. The summed E-state index contributed by atoms with van der Waals surface area (Å²) < 4.78 is 4.99. The number of methoxy groups -OCH3 is 1. The third-order valence-corrected chi connectivity index (χ3v) is 2.25. The number of aromatic hydroxyl groups is 1. The van der Waals surface area contributed by atoms with E-state index in [1.54, 1.807) is 19.2 Å². The number of hydrogen-bond acceptors (Lipinski definition) is 3. The molecule has 0 aliphatic heterocycles. The molecule has 0 radical (unpaired) electrons. The first-order valence-corrected chi connectivity index (χ1v) is 5.18. The summed E-state index contributed by atoms with van der Waals surface area (Å²) in [6.45, 7) is 2.66. The molecule has 0 saturated heterocycles. The monoisotopic (exact) mass is 209 g/mol. The lowest BCUT2D eigenvalue weighted by molar-refractivity contribution is 0.178. The third kappa shape index (κ3) is 4.81. The standard InChI is InChI=1S/C12H19NO2/c1-13(7-4-8-15-2)10-11-5-3-6-12(14)9-11/h3,5-6,9,14H,4,7-8,10H2,1-2H3. The first-order chi connectivity index (χ1) is 7.22. The fraction of sp³-hybridized carbons (Fsp3) is 0.500. The van der Waals surface area contributed by atoms with Crippen LogP contribution >= 0.6 is 0 Å². The van der Waals surface area contributed by atoms with E-state index in [1.165, 1.54) is 0 Å². The second-order valence-corrected chi connectivity index (χ2v) is 3.75. The van der Waals surface area contributed by atoms with E-state index < -0.39 is 0 Å². The highest BCUT2D eigenvalue weighted by molar-refractivity contribution is 5.26. The van der Waals surface area contributed by atoms with Crippen LogP contribution in [0.4, 0.5) is 0 Å². The molecule has 1 N–H and O–H groups in total. The third-order valence-electron chi connectivity index (χ3n) is 2.25. The van der Waals surface area contributed by atoms with E-state index in [0.29, 0.717) is 5.75 Å². The maximum absolute atomic E-state index is 9.30. The Morgan fingerprint density at radius 3 is 2.87 bits per heavy atom. The van der Waals surface area contributed by atoms with E-state index in [1.807, 2.05) is 12.1 Å². The van der Waals surface area contributed by atoms with Gasteiger partial charge < -0.3 is 14.7 Å². The van der Waals surface area contributed by atoms with E-state index in [0.717, 1.165) is 31.7 Å². The van der Waals surface area contributed by atoms with E-state index in [9.17, 15) is 5.11 Å². The van der Waals surface area contributed by atoms with Crippen molar-refractivity contribution in [2.45, 2.75) is 13.0 Å². The van der Waals surface area contributed by atoms with Crippen molar-refractivity contribution in [1.82, 2.24) is 4.90 Å². The average molecular weight is 209 g/mol. The van der Waals surface area contributed by atoms with Crippen LogP contribution in [0.2, 0.25) is 0 Å². The summed E-state index contributed by atoms with van der Waals surface area (Å²) >= 11 is 0. The minimum atomic E-state index is 0.331. The van der Waals surface area contributed by atoms with E-state index in [-0.39, 0.29) is 0 Å². The molecule has 0 unspecified atom stereocenters. The van der Waals surface area contributed by atoms with E-state index in [4.69, 9.17) is 4.74 Å². The van der Waals surface area contributed by atoms with Gasteiger partial charge in [-0.2, -0.15) is 0 Å². The first-order valence-electron chi connectivity index (χ1n) is 5.18. The van der Waals surface area contributed by atoms with Crippen LogP contribution in [0, 0.1) is 0 Å². The number of phenolic OH excluding ortho intramolecular Hbond substituents is 1. The zero-order chi connectivity index (χ0) is 11.1. The van der Waals surface area contributed by atoms with E-state index in [2.05, 4.69) is 11.9 Å². The van der Waals surface area contributed by atoms with Crippen molar-refractivity contribution < 1.29 is 9.84 Å². The van der Waals surface area contributed by atoms with Crippen molar-refractivity contribution in [3.63, 3.8) is 0 Å². The van der Waals surface area contributed by atoms with Gasteiger partial charge in [-0.25, -0.2) is 0 Å². The summed E-state index contributed by atoms with van der Waals surface area (Å²) in [6, 6.07) is 7.38. The number of hydrogen-bond donors (Lipinski definition) is 1. The Morgan fingerprint density at radius 2 is 2.20 bits per heavy atom. The smallest absolute Gasteiger partial charge is 0.115 e. The van der Waals surface area contributed by atoms with Gasteiger partial charge in [0.2, 0.25) is 0 Å². The molecular weight excluding hydrogens is 190 g/mol. The molecule has 0 saturated carbocycles. The summed E-state index contributed by atoms with van der Waals surface area (Å²) in [6.07, 6.45) is 1.03. The Balaban J connectivity index is 2.34. The highest BCUT2D eigenvalue weighted by atomic mass is 16.5. The van der Waals surface area contributed by atoms with Crippen LogP contribution in [-0.2, 0) is 11.3 Å². The summed E-state index contributed by atoms with van der Waals surface area (Å²) in [5.41, 5.74) is 1.13. The quantitative estimate of drug-likeness (QED) is 0.726. The second-order valence-electron chi connectivity index (χ2n) is 3.75. The molecule has 1 aromatic rings. The molecule has 0 aliphatic carbocycles. The lowest BCUT2D eigenvalue weighted by Crippen LogP contribution is -2.20. The lowest BCUT2D eigenvalue weighted by Gasteiger charge is -2.16. The maximum atomic E-state index is 9.30. The Morgan fingerprint density at radius 1 is 1.40 bits per heavy atom. The van der Waals surface area contributed by atoms with Gasteiger partial charge in [0, 0.05) is 26.8 Å². The van der Waals surface area contributed by atoms with Gasteiger partial charge in [0.1, 0.15) is 5.75 Å². The largest absolute Gasteiger partial charge is 0.508 e. The predicted octanol–water partition coefficient (Wildman–Crippen LogP) is 1.86. The number of rotatable bonds is 6. The van der Waals surface area contributed by atoms with Crippen molar-refractivity contribution in [3.05, 3.63) is 29.8 Å². The number of benzene rings is 1. The van der Waals surface area contributed by atoms with Crippen LogP contribution in [0.15, 0.2) is 24.3 Å². The van der Waals surface area contributed by atoms with Crippen molar-refractivity contribution in [3.8, 4) is 5.75 Å². The van der Waals surface area contributed by atoms with Crippen LogP contribution in [0.1, 0.15) is 12.0 Å². The van der Waals surface area contributed by atoms with Crippen molar-refractivity contribution in [1.29, 1.82) is 0 Å². The van der Waals surface area contributed by atoms with Gasteiger partial charge in [-0.3, -0.25) is 0 Å². The number of ether oxygens (including phenoxy) is 1. The zero-order valence-corrected chi connectivity index (χ0v) is 9.44. The summed E-state index contributed by atoms with van der Waals surface area (Å²) in [7, 11) is 3.79. The van der Waals surface area contributed by atoms with Crippen LogP contribution < -0.4 is 0 Å². The molecule has 0 aliphatic rings. The molecule has 0 fully saturated rings. The first kappa shape index (κ1) is 12.0. The Kier molecular flexibility index (Phi) is 5.15. The molecule has 0 aromatic heterocycles. The van der Waals surface area contributed by atoms with Gasteiger partial charge in [-0.05, 0) is 31.2 Å². The predicted molar refractivity (Wildman–Crippen MR) is 60.9 cm³/mol. The summed E-state index contributed by atoms with van der Waals surface area (Å²) in [4.78, 5) is 2.22. The van der Waals surface area contributed by atoms with Gasteiger partial charge in [-0.1, -0.05) is 12.1 Å². The molecule has 1 aromatic carbocycles. The molecule has 15 heavy (non-hydrogen) atoms. The minimum Gasteiger partial charge on any atom is -0.508 e. The van der Waals surface area contributed by atoms with Gasteiger partial charge in [0.25, 0.3) is 0 Å². The molecule has 3 nitrogen and oxygen atoms in total. The van der Waals surface area contributed by atoms with Crippen LogP contribution in [0.25, 0.3) is 0 Å². The fourth-order valence-electron chi connectivity index (χ4n) is 1.52. The highest BCUT2D eigenvalue weighted by Gasteiger charge is 2.00. The molecule has 0 bridgehead atoms. The molecule has 0 amide bonds. The van der Waals surface area contributed by atoms with Crippen LogP contribution in [0.3, 0.4) is 0 Å². The van der Waals surface area contributed by atoms with Gasteiger partial charge >= 0.3 is 0 Å². The molecule has 3 heteroatoms. The summed E-state index contributed by atoms with van der Waals surface area (Å²) in [5.74, 6) is 0.331. The van der Waals surface area contributed by atoms with Crippen LogP contribution in [0.5, 0.6) is 5.75 Å². The molecular formula is C12H19NO2. The van der Waals surface area contributed by atoms with Gasteiger partial charge in [0.15, 0.2) is 0 Å². The fourth-order valence-corrected chi connectivity index (χ4v) is 1.52. The average Bonchev–Trinajstić information content (AvgIpc) is 2.18. The number of nitrogens with zero attached hydrogens (tertiary/aromatic N) is 1. The van der Waals surface area contributed by atoms with Gasteiger partial charge in [0.05, 0.1) is 0 Å². The topological polar surface area (TPSA) is 32.7 Å². The maximum Gasteiger partial charge on any atom is 0.115 e. The normalized spacial score (nSPS) is 10.9. The SMILES string of the molecule is COCCCN(C)Cc1cccc(O)c1. The second kappa shape index (κ2) is 6.43. The molecule has 0 heterocycles. The van der Waals surface area contributed by atoms with Crippen molar-refractivity contribution in [2.75, 3.05) is 27.3 Å². The highest BCUT2D eigenvalue weighted by Crippen LogP contribution is 2.12. The Labute approximate surface area is 91.3 Å². The zero-order valence-electron chi connectivity index (χ0n) is 9.44. The lowest BCUT2D eigenvalue weighted by atomic mass is 10.2. The minimum absolute atomic E-state index is 0.331. The molecule has 0 spiro atoms. The van der Waals surface area contributed by atoms with Gasteiger partial charge in [-0.15, -0.1) is 0 Å². The van der Waals surface area contributed by atoms with Crippen molar-refractivity contribution in [2.24, 2.45) is 0 Å².